The molecule has 1 aromatic rings. The summed E-state index contributed by atoms with van der Waals surface area (Å²) in [7, 11) is 1.55. The van der Waals surface area contributed by atoms with Crippen LogP contribution in [0.2, 0.25) is 0 Å². The molecule has 1 N–H and O–H groups in total. The Hall–Kier alpha value is -1.05. The number of ether oxygens (including phenoxy) is 2. The molecule has 0 saturated carbocycles. The highest BCUT2D eigenvalue weighted by atomic mass is 79.9. The lowest BCUT2D eigenvalue weighted by Gasteiger charge is -2.06. The summed E-state index contributed by atoms with van der Waals surface area (Å²) in [4.78, 5) is 23.7. The van der Waals surface area contributed by atoms with Crippen molar-refractivity contribution < 1.29 is 19.1 Å². The summed E-state index contributed by atoms with van der Waals surface area (Å²) in [5.74, 6) is -0.573. The molecule has 1 aromatic carbocycles. The van der Waals surface area contributed by atoms with Crippen LogP contribution in [0.15, 0.2) is 33.6 Å². The van der Waals surface area contributed by atoms with Crippen LogP contribution < -0.4 is 5.32 Å². The van der Waals surface area contributed by atoms with Gasteiger partial charge in [-0.3, -0.25) is 9.59 Å². The van der Waals surface area contributed by atoms with E-state index in [1.54, 1.807) is 7.11 Å². The minimum atomic E-state index is -0.417. The van der Waals surface area contributed by atoms with Gasteiger partial charge in [0.25, 0.3) is 5.91 Å². The summed E-state index contributed by atoms with van der Waals surface area (Å²) < 4.78 is 10.6. The molecule has 0 saturated heterocycles. The van der Waals surface area contributed by atoms with Crippen molar-refractivity contribution in [1.29, 1.82) is 0 Å². The van der Waals surface area contributed by atoms with E-state index in [0.717, 1.165) is 9.37 Å². The monoisotopic (exact) mass is 361 g/mol. The molecule has 110 valence electrons. The van der Waals surface area contributed by atoms with Crippen molar-refractivity contribution in [3.63, 3.8) is 0 Å². The standard InChI is InChI=1S/C13H16BrNO4S/c1-18-7-6-15-12(16)8-19-13(17)9-20-11-4-2-10(14)3-5-11/h2-5H,6-9H2,1H3,(H,15,16). The summed E-state index contributed by atoms with van der Waals surface area (Å²) in [6.07, 6.45) is 0. The highest BCUT2D eigenvalue weighted by Crippen LogP contribution is 2.20. The Morgan fingerprint density at radius 2 is 2.00 bits per heavy atom. The van der Waals surface area contributed by atoms with Gasteiger partial charge in [-0.25, -0.2) is 0 Å². The van der Waals surface area contributed by atoms with Crippen LogP contribution >= 0.6 is 27.7 Å². The van der Waals surface area contributed by atoms with Crippen molar-refractivity contribution in [2.24, 2.45) is 0 Å². The number of amides is 1. The fraction of sp³-hybridized carbons (Fsp3) is 0.385. The Balaban J connectivity index is 2.17. The third-order valence-electron chi connectivity index (χ3n) is 2.16. The van der Waals surface area contributed by atoms with Crippen LogP contribution in [0.1, 0.15) is 0 Å². The molecule has 1 amide bonds. The molecule has 1 rings (SSSR count). The van der Waals surface area contributed by atoms with Crippen molar-refractivity contribution in [3.8, 4) is 0 Å². The van der Waals surface area contributed by atoms with E-state index < -0.39 is 5.97 Å². The van der Waals surface area contributed by atoms with E-state index in [1.165, 1.54) is 11.8 Å². The Morgan fingerprint density at radius 3 is 2.65 bits per heavy atom. The van der Waals surface area contributed by atoms with Gasteiger partial charge in [-0.15, -0.1) is 11.8 Å². The van der Waals surface area contributed by atoms with Crippen LogP contribution in [-0.2, 0) is 19.1 Å². The number of hydrogen-bond acceptors (Lipinski definition) is 5. The van der Waals surface area contributed by atoms with Gasteiger partial charge in [0, 0.05) is 23.0 Å². The van der Waals surface area contributed by atoms with Crippen LogP contribution in [0, 0.1) is 0 Å². The van der Waals surface area contributed by atoms with Gasteiger partial charge in [-0.2, -0.15) is 0 Å². The Labute approximate surface area is 130 Å². The van der Waals surface area contributed by atoms with E-state index >= 15 is 0 Å². The maximum Gasteiger partial charge on any atom is 0.316 e. The van der Waals surface area contributed by atoms with E-state index in [4.69, 9.17) is 9.47 Å². The SMILES string of the molecule is COCCNC(=O)COC(=O)CSc1ccc(Br)cc1. The number of halogens is 1. The maximum atomic E-state index is 11.5. The molecular formula is C13H16BrNO4S. The highest BCUT2D eigenvalue weighted by Gasteiger charge is 2.07. The van der Waals surface area contributed by atoms with Gasteiger partial charge >= 0.3 is 5.97 Å². The summed E-state index contributed by atoms with van der Waals surface area (Å²) in [6.45, 7) is 0.572. The topological polar surface area (TPSA) is 64.6 Å². The predicted octanol–water partition coefficient (Wildman–Crippen LogP) is 1.85. The zero-order valence-corrected chi connectivity index (χ0v) is 13.5. The number of carbonyl (C=O) groups is 2. The second kappa shape index (κ2) is 9.79. The number of rotatable bonds is 8. The maximum absolute atomic E-state index is 11.5. The van der Waals surface area contributed by atoms with Crippen molar-refractivity contribution in [2.75, 3.05) is 32.6 Å². The molecule has 0 aliphatic heterocycles. The summed E-state index contributed by atoms with van der Waals surface area (Å²) in [6, 6.07) is 7.60. The van der Waals surface area contributed by atoms with Gasteiger partial charge < -0.3 is 14.8 Å². The molecule has 0 aliphatic rings. The lowest BCUT2D eigenvalue weighted by Crippen LogP contribution is -2.31. The predicted molar refractivity (Wildman–Crippen MR) is 80.7 cm³/mol. The third-order valence-corrected chi connectivity index (χ3v) is 3.68. The van der Waals surface area contributed by atoms with Crippen molar-refractivity contribution >= 4 is 39.6 Å². The minimum absolute atomic E-state index is 0.174. The first kappa shape index (κ1) is 17.0. The number of nitrogens with one attached hydrogen (secondary N) is 1. The number of thioether (sulfide) groups is 1. The van der Waals surface area contributed by atoms with Crippen LogP contribution in [0.25, 0.3) is 0 Å². The van der Waals surface area contributed by atoms with Gasteiger partial charge in [0.1, 0.15) is 0 Å². The second-order valence-corrected chi connectivity index (χ2v) is 5.71. The third kappa shape index (κ3) is 7.52. The molecule has 0 unspecified atom stereocenters. The van der Waals surface area contributed by atoms with Crippen LogP contribution in [0.3, 0.4) is 0 Å². The normalized spacial score (nSPS) is 10.1. The van der Waals surface area contributed by atoms with Crippen molar-refractivity contribution in [3.05, 3.63) is 28.7 Å². The van der Waals surface area contributed by atoms with Crippen molar-refractivity contribution in [1.82, 2.24) is 5.32 Å². The molecule has 0 bridgehead atoms. The summed E-state index contributed by atoms with van der Waals surface area (Å²) in [5.41, 5.74) is 0. The van der Waals surface area contributed by atoms with E-state index in [-0.39, 0.29) is 18.3 Å². The molecular weight excluding hydrogens is 346 g/mol. The molecule has 0 spiro atoms. The first-order chi connectivity index (χ1) is 9.61. The summed E-state index contributed by atoms with van der Waals surface area (Å²) >= 11 is 4.70. The van der Waals surface area contributed by atoms with Crippen LogP contribution in [-0.4, -0.2) is 44.5 Å². The van der Waals surface area contributed by atoms with Gasteiger partial charge in [-0.1, -0.05) is 15.9 Å². The van der Waals surface area contributed by atoms with Gasteiger partial charge in [0.2, 0.25) is 0 Å². The lowest BCUT2D eigenvalue weighted by atomic mass is 10.4. The van der Waals surface area contributed by atoms with E-state index in [9.17, 15) is 9.59 Å². The first-order valence-electron chi connectivity index (χ1n) is 5.91. The number of methoxy groups -OCH3 is 1. The number of carbonyl (C=O) groups excluding carboxylic acids is 2. The quantitative estimate of drug-likeness (QED) is 0.434. The fourth-order valence-electron chi connectivity index (χ4n) is 1.20. The zero-order chi connectivity index (χ0) is 14.8. The molecule has 20 heavy (non-hydrogen) atoms. The Morgan fingerprint density at radius 1 is 1.30 bits per heavy atom. The minimum Gasteiger partial charge on any atom is -0.455 e. The molecule has 0 aromatic heterocycles. The molecule has 0 fully saturated rings. The molecule has 0 heterocycles. The average Bonchev–Trinajstić information content (AvgIpc) is 2.45. The average molecular weight is 362 g/mol. The number of esters is 1. The Bertz CT molecular complexity index is 439. The van der Waals surface area contributed by atoms with Crippen LogP contribution in [0.5, 0.6) is 0 Å². The number of hydrogen-bond donors (Lipinski definition) is 1. The molecule has 7 heteroatoms. The van der Waals surface area contributed by atoms with E-state index in [1.807, 2.05) is 24.3 Å². The van der Waals surface area contributed by atoms with E-state index in [2.05, 4.69) is 21.2 Å². The molecule has 5 nitrogen and oxygen atoms in total. The largest absolute Gasteiger partial charge is 0.455 e. The second-order valence-electron chi connectivity index (χ2n) is 3.75. The van der Waals surface area contributed by atoms with Crippen molar-refractivity contribution in [2.45, 2.75) is 4.90 Å². The molecule has 0 radical (unpaired) electrons. The Kier molecular flexibility index (Phi) is 8.32. The number of benzene rings is 1. The highest BCUT2D eigenvalue weighted by molar-refractivity contribution is 9.10. The van der Waals surface area contributed by atoms with Gasteiger partial charge in [-0.05, 0) is 24.3 Å². The van der Waals surface area contributed by atoms with E-state index in [0.29, 0.717) is 13.2 Å². The lowest BCUT2D eigenvalue weighted by molar-refractivity contribution is -0.145. The van der Waals surface area contributed by atoms with Gasteiger partial charge in [0.05, 0.1) is 12.4 Å². The molecule has 0 aliphatic carbocycles. The first-order valence-corrected chi connectivity index (χ1v) is 7.69. The molecule has 0 atom stereocenters. The summed E-state index contributed by atoms with van der Waals surface area (Å²) in [5, 5.41) is 2.57. The zero-order valence-electron chi connectivity index (χ0n) is 11.1. The van der Waals surface area contributed by atoms with Crippen LogP contribution in [0.4, 0.5) is 0 Å². The fourth-order valence-corrected chi connectivity index (χ4v) is 2.17. The van der Waals surface area contributed by atoms with Gasteiger partial charge in [0.15, 0.2) is 6.61 Å². The smallest absolute Gasteiger partial charge is 0.316 e.